The SMILES string of the molecule is Cc1ccc2c(n1)n(C1CCN(c3ncc(CN4CCNCC4)cn3)CC1)c(=O)c(=O)n2C. The molecule has 0 atom stereocenters. The maximum Gasteiger partial charge on any atom is 0.318 e. The average Bonchev–Trinajstić information content (AvgIpc) is 2.84. The second kappa shape index (κ2) is 9.03. The number of aryl methyl sites for hydroxylation is 2. The van der Waals surface area contributed by atoms with Gasteiger partial charge < -0.3 is 14.8 Å². The molecule has 0 saturated carbocycles. The van der Waals surface area contributed by atoms with Crippen LogP contribution in [-0.2, 0) is 13.6 Å². The molecule has 5 rings (SSSR count). The van der Waals surface area contributed by atoms with E-state index in [0.717, 1.165) is 69.9 Å². The van der Waals surface area contributed by atoms with Crippen molar-refractivity contribution in [2.45, 2.75) is 32.4 Å². The van der Waals surface area contributed by atoms with E-state index in [4.69, 9.17) is 0 Å². The van der Waals surface area contributed by atoms with Crippen LogP contribution in [0.4, 0.5) is 5.95 Å². The Hall–Kier alpha value is -3.11. The molecule has 2 aliphatic heterocycles. The minimum absolute atomic E-state index is 0.0774. The lowest BCUT2D eigenvalue weighted by atomic mass is 10.0. The molecule has 5 heterocycles. The summed E-state index contributed by atoms with van der Waals surface area (Å²) in [5.41, 5.74) is 2.18. The van der Waals surface area contributed by atoms with Gasteiger partial charge >= 0.3 is 11.1 Å². The number of fused-ring (bicyclic) bond motifs is 1. The van der Waals surface area contributed by atoms with Gasteiger partial charge in [0.25, 0.3) is 0 Å². The highest BCUT2D eigenvalue weighted by Gasteiger charge is 2.26. The maximum atomic E-state index is 12.9. The zero-order valence-electron chi connectivity index (χ0n) is 19.2. The van der Waals surface area contributed by atoms with Crippen LogP contribution < -0.4 is 21.3 Å². The Morgan fingerprint density at radius 3 is 2.39 bits per heavy atom. The number of hydrogen-bond acceptors (Lipinski definition) is 8. The average molecular weight is 451 g/mol. The van der Waals surface area contributed by atoms with Crippen LogP contribution in [-0.4, -0.2) is 68.3 Å². The van der Waals surface area contributed by atoms with E-state index in [2.05, 4.69) is 30.1 Å². The number of pyridine rings is 1. The first-order valence-electron chi connectivity index (χ1n) is 11.6. The fourth-order valence-corrected chi connectivity index (χ4v) is 4.81. The van der Waals surface area contributed by atoms with Gasteiger partial charge in [0.1, 0.15) is 0 Å². The van der Waals surface area contributed by atoms with Gasteiger partial charge in [-0.1, -0.05) is 0 Å². The molecule has 3 aromatic heterocycles. The van der Waals surface area contributed by atoms with Crippen molar-refractivity contribution in [3.8, 4) is 0 Å². The Kier molecular flexibility index (Phi) is 5.94. The van der Waals surface area contributed by atoms with E-state index in [1.54, 1.807) is 11.6 Å². The first-order valence-corrected chi connectivity index (χ1v) is 11.6. The molecule has 0 bridgehead atoms. The molecule has 10 heteroatoms. The zero-order chi connectivity index (χ0) is 22.9. The molecule has 3 aromatic rings. The second-order valence-corrected chi connectivity index (χ2v) is 8.97. The van der Waals surface area contributed by atoms with Gasteiger partial charge in [0, 0.05) is 82.6 Å². The minimum Gasteiger partial charge on any atom is -0.341 e. The van der Waals surface area contributed by atoms with Crippen molar-refractivity contribution in [1.29, 1.82) is 0 Å². The predicted molar refractivity (Wildman–Crippen MR) is 127 cm³/mol. The van der Waals surface area contributed by atoms with Crippen molar-refractivity contribution in [3.63, 3.8) is 0 Å². The number of piperidine rings is 1. The molecule has 0 amide bonds. The fraction of sp³-hybridized carbons (Fsp3) is 0.522. The Bertz CT molecular complexity index is 1250. The van der Waals surface area contributed by atoms with Gasteiger partial charge in [0.05, 0.1) is 5.52 Å². The summed E-state index contributed by atoms with van der Waals surface area (Å²) in [6.07, 6.45) is 5.29. The van der Waals surface area contributed by atoms with E-state index in [1.165, 1.54) is 4.57 Å². The van der Waals surface area contributed by atoms with Gasteiger partial charge in [-0.3, -0.25) is 19.1 Å². The van der Waals surface area contributed by atoms with Crippen LogP contribution in [0.2, 0.25) is 0 Å². The van der Waals surface area contributed by atoms with Crippen LogP contribution in [0.1, 0.15) is 30.1 Å². The second-order valence-electron chi connectivity index (χ2n) is 8.97. The lowest BCUT2D eigenvalue weighted by Gasteiger charge is -2.33. The molecule has 2 fully saturated rings. The van der Waals surface area contributed by atoms with Crippen LogP contribution in [0.25, 0.3) is 11.2 Å². The molecule has 0 aliphatic carbocycles. The monoisotopic (exact) mass is 450 g/mol. The summed E-state index contributed by atoms with van der Waals surface area (Å²) in [6.45, 7) is 8.33. The van der Waals surface area contributed by atoms with Gasteiger partial charge in [-0.2, -0.15) is 0 Å². The van der Waals surface area contributed by atoms with Crippen LogP contribution in [0, 0.1) is 6.92 Å². The molecule has 0 radical (unpaired) electrons. The van der Waals surface area contributed by atoms with E-state index >= 15 is 0 Å². The summed E-state index contributed by atoms with van der Waals surface area (Å²) in [4.78, 5) is 43.8. The van der Waals surface area contributed by atoms with Crippen molar-refractivity contribution >= 4 is 17.1 Å². The summed E-state index contributed by atoms with van der Waals surface area (Å²) < 4.78 is 3.00. The number of aromatic nitrogens is 5. The van der Waals surface area contributed by atoms with Crippen LogP contribution in [0.15, 0.2) is 34.1 Å². The molecule has 2 aliphatic rings. The summed E-state index contributed by atoms with van der Waals surface area (Å²) in [5.74, 6) is 0.715. The Balaban J connectivity index is 1.31. The van der Waals surface area contributed by atoms with Crippen molar-refractivity contribution in [1.82, 2.24) is 34.3 Å². The fourth-order valence-electron chi connectivity index (χ4n) is 4.81. The Labute approximate surface area is 191 Å². The third-order valence-electron chi connectivity index (χ3n) is 6.71. The normalized spacial score (nSPS) is 18.2. The van der Waals surface area contributed by atoms with Crippen LogP contribution >= 0.6 is 0 Å². The molecule has 0 unspecified atom stereocenters. The molecule has 0 aromatic carbocycles. The summed E-state index contributed by atoms with van der Waals surface area (Å²) in [7, 11) is 1.62. The smallest absolute Gasteiger partial charge is 0.318 e. The zero-order valence-corrected chi connectivity index (χ0v) is 19.2. The summed E-state index contributed by atoms with van der Waals surface area (Å²) >= 11 is 0. The Morgan fingerprint density at radius 1 is 1.00 bits per heavy atom. The topological polar surface area (TPSA) is 101 Å². The number of anilines is 1. The van der Waals surface area contributed by atoms with E-state index in [1.807, 2.05) is 31.5 Å². The standard InChI is InChI=1S/C23H30N8O2/c1-16-3-4-19-20(27-16)31(22(33)21(32)28(19)2)18-5-9-30(10-6-18)23-25-13-17(14-26-23)15-29-11-7-24-8-12-29/h3-4,13-14,18,24H,5-12,15H2,1-2H3. The third kappa shape index (κ3) is 4.28. The molecular weight excluding hydrogens is 420 g/mol. The number of rotatable bonds is 4. The van der Waals surface area contributed by atoms with Gasteiger partial charge in [-0.05, 0) is 31.9 Å². The largest absolute Gasteiger partial charge is 0.341 e. The van der Waals surface area contributed by atoms with E-state index in [-0.39, 0.29) is 6.04 Å². The molecule has 33 heavy (non-hydrogen) atoms. The van der Waals surface area contributed by atoms with E-state index in [9.17, 15) is 9.59 Å². The first-order chi connectivity index (χ1) is 16.0. The molecular formula is C23H30N8O2. The molecule has 174 valence electrons. The number of piperazine rings is 1. The maximum absolute atomic E-state index is 12.9. The van der Waals surface area contributed by atoms with Crippen LogP contribution in [0.5, 0.6) is 0 Å². The van der Waals surface area contributed by atoms with Gasteiger partial charge in [-0.25, -0.2) is 15.0 Å². The van der Waals surface area contributed by atoms with Crippen LogP contribution in [0.3, 0.4) is 0 Å². The molecule has 10 nitrogen and oxygen atoms in total. The quantitative estimate of drug-likeness (QED) is 0.572. The lowest BCUT2D eigenvalue weighted by Crippen LogP contribution is -2.45. The van der Waals surface area contributed by atoms with Crippen molar-refractivity contribution < 1.29 is 0 Å². The highest BCUT2D eigenvalue weighted by Crippen LogP contribution is 2.25. The third-order valence-corrected chi connectivity index (χ3v) is 6.71. The highest BCUT2D eigenvalue weighted by atomic mass is 16.2. The summed E-state index contributed by atoms with van der Waals surface area (Å²) in [5, 5.41) is 3.37. The minimum atomic E-state index is -0.515. The number of hydrogen-bond donors (Lipinski definition) is 1. The van der Waals surface area contributed by atoms with Crippen molar-refractivity contribution in [2.75, 3.05) is 44.2 Å². The predicted octanol–water partition coefficient (Wildman–Crippen LogP) is 0.440. The molecule has 0 spiro atoms. The van der Waals surface area contributed by atoms with Crippen molar-refractivity contribution in [3.05, 3.63) is 56.5 Å². The van der Waals surface area contributed by atoms with Gasteiger partial charge in [0.15, 0.2) is 5.65 Å². The van der Waals surface area contributed by atoms with Crippen molar-refractivity contribution in [2.24, 2.45) is 7.05 Å². The number of nitrogens with one attached hydrogen (secondary N) is 1. The summed E-state index contributed by atoms with van der Waals surface area (Å²) in [6, 6.07) is 3.65. The number of nitrogens with zero attached hydrogens (tertiary/aromatic N) is 7. The lowest BCUT2D eigenvalue weighted by molar-refractivity contribution is 0.233. The Morgan fingerprint density at radius 2 is 1.70 bits per heavy atom. The first kappa shape index (κ1) is 21.7. The van der Waals surface area contributed by atoms with Gasteiger partial charge in [0.2, 0.25) is 5.95 Å². The van der Waals surface area contributed by atoms with Gasteiger partial charge in [-0.15, -0.1) is 0 Å². The van der Waals surface area contributed by atoms with E-state index in [0.29, 0.717) is 17.1 Å². The highest BCUT2D eigenvalue weighted by molar-refractivity contribution is 5.71. The molecule has 2 saturated heterocycles. The molecule has 1 N–H and O–H groups in total. The van der Waals surface area contributed by atoms with E-state index < -0.39 is 11.1 Å².